The third kappa shape index (κ3) is 2.59. The monoisotopic (exact) mass is 288 g/mol. The number of benzene rings is 2. The summed E-state index contributed by atoms with van der Waals surface area (Å²) in [6, 6.07) is 11.7. The molecule has 3 nitrogen and oxygen atoms in total. The van der Waals surface area contributed by atoms with Crippen LogP contribution in [0.5, 0.6) is 5.75 Å². The van der Waals surface area contributed by atoms with Crippen molar-refractivity contribution in [1.29, 1.82) is 5.41 Å². The van der Waals surface area contributed by atoms with Crippen LogP contribution < -0.4 is 10.5 Å². The molecule has 1 aliphatic heterocycles. The van der Waals surface area contributed by atoms with Crippen molar-refractivity contribution >= 4 is 5.84 Å². The van der Waals surface area contributed by atoms with Crippen LogP contribution >= 0.6 is 0 Å². The fourth-order valence-electron chi connectivity index (χ4n) is 2.50. The molecule has 1 atom stereocenters. The fraction of sp³-hybridized carbons (Fsp3) is 0.188. The highest BCUT2D eigenvalue weighted by Crippen LogP contribution is 2.38. The number of rotatable bonds is 3. The second-order valence-corrected chi connectivity index (χ2v) is 5.02. The molecule has 0 aliphatic carbocycles. The average molecular weight is 288 g/mol. The maximum Gasteiger partial charge on any atom is 0.263 e. The molecular formula is C16H14F2N2O. The minimum Gasteiger partial charge on any atom is -0.485 e. The van der Waals surface area contributed by atoms with E-state index < -0.39 is 6.43 Å². The predicted molar refractivity (Wildman–Crippen MR) is 75.9 cm³/mol. The largest absolute Gasteiger partial charge is 0.485 e. The number of hydrogen-bond donors (Lipinski definition) is 2. The van der Waals surface area contributed by atoms with Gasteiger partial charge < -0.3 is 10.5 Å². The van der Waals surface area contributed by atoms with E-state index in [2.05, 4.69) is 0 Å². The maximum absolute atomic E-state index is 12.7. The molecule has 21 heavy (non-hydrogen) atoms. The normalized spacial score (nSPS) is 16.6. The molecular weight excluding hydrogens is 274 g/mol. The zero-order chi connectivity index (χ0) is 15.0. The van der Waals surface area contributed by atoms with Crippen LogP contribution in [0.3, 0.4) is 0 Å². The van der Waals surface area contributed by atoms with Gasteiger partial charge in [0.25, 0.3) is 6.43 Å². The molecule has 0 saturated heterocycles. The molecule has 1 unspecified atom stereocenters. The first kappa shape index (κ1) is 13.5. The summed E-state index contributed by atoms with van der Waals surface area (Å²) >= 11 is 0. The van der Waals surface area contributed by atoms with Gasteiger partial charge in [-0.15, -0.1) is 0 Å². The molecule has 0 amide bonds. The van der Waals surface area contributed by atoms with Gasteiger partial charge in [0, 0.05) is 17.5 Å². The van der Waals surface area contributed by atoms with Crippen LogP contribution in [0.25, 0.3) is 0 Å². The van der Waals surface area contributed by atoms with Gasteiger partial charge in [-0.2, -0.15) is 0 Å². The molecule has 1 heterocycles. The minimum absolute atomic E-state index is 0.00709. The van der Waals surface area contributed by atoms with Gasteiger partial charge in [-0.25, -0.2) is 8.78 Å². The third-order valence-electron chi connectivity index (χ3n) is 3.58. The number of fused-ring (bicyclic) bond motifs is 1. The molecule has 0 spiro atoms. The number of nitrogens with two attached hydrogens (primary N) is 1. The highest BCUT2D eigenvalue weighted by molar-refractivity contribution is 5.95. The van der Waals surface area contributed by atoms with Gasteiger partial charge in [0.1, 0.15) is 17.7 Å². The summed E-state index contributed by atoms with van der Waals surface area (Å²) in [7, 11) is 0. The van der Waals surface area contributed by atoms with Crippen molar-refractivity contribution in [2.75, 3.05) is 0 Å². The van der Waals surface area contributed by atoms with E-state index in [0.29, 0.717) is 17.7 Å². The highest BCUT2D eigenvalue weighted by Gasteiger charge is 2.25. The van der Waals surface area contributed by atoms with E-state index in [1.165, 1.54) is 12.1 Å². The second-order valence-electron chi connectivity index (χ2n) is 5.02. The third-order valence-corrected chi connectivity index (χ3v) is 3.58. The molecule has 0 fully saturated rings. The van der Waals surface area contributed by atoms with Crippen molar-refractivity contribution in [2.45, 2.75) is 19.0 Å². The molecule has 5 heteroatoms. The van der Waals surface area contributed by atoms with Crippen molar-refractivity contribution in [3.63, 3.8) is 0 Å². The quantitative estimate of drug-likeness (QED) is 0.670. The summed E-state index contributed by atoms with van der Waals surface area (Å²) in [6.45, 7) is 0. The maximum atomic E-state index is 12.7. The Labute approximate surface area is 120 Å². The Morgan fingerprint density at radius 3 is 2.76 bits per heavy atom. The fourth-order valence-corrected chi connectivity index (χ4v) is 2.50. The first-order valence-corrected chi connectivity index (χ1v) is 6.56. The summed E-state index contributed by atoms with van der Waals surface area (Å²) in [4.78, 5) is 0. The number of alkyl halides is 2. The lowest BCUT2D eigenvalue weighted by molar-refractivity contribution is 0.151. The van der Waals surface area contributed by atoms with E-state index in [4.69, 9.17) is 15.9 Å². The van der Waals surface area contributed by atoms with Gasteiger partial charge >= 0.3 is 0 Å². The summed E-state index contributed by atoms with van der Waals surface area (Å²) < 4.78 is 31.2. The number of nitrogens with one attached hydrogen (secondary N) is 1. The number of nitrogen functional groups attached to an aromatic ring is 1. The first-order chi connectivity index (χ1) is 10.0. The smallest absolute Gasteiger partial charge is 0.263 e. The van der Waals surface area contributed by atoms with Crippen LogP contribution in [-0.4, -0.2) is 5.84 Å². The number of amidine groups is 1. The Balaban J connectivity index is 1.87. The summed E-state index contributed by atoms with van der Waals surface area (Å²) in [5.74, 6) is 0.630. The van der Waals surface area contributed by atoms with Crippen LogP contribution in [0.15, 0.2) is 42.5 Å². The zero-order valence-corrected chi connectivity index (χ0v) is 11.1. The van der Waals surface area contributed by atoms with Crippen LogP contribution in [0.2, 0.25) is 0 Å². The zero-order valence-electron chi connectivity index (χ0n) is 11.1. The van der Waals surface area contributed by atoms with E-state index in [1.54, 1.807) is 18.2 Å². The van der Waals surface area contributed by atoms with Crippen LogP contribution in [0.4, 0.5) is 8.78 Å². The SMILES string of the molecule is N=C(N)c1cccc(C2Cc3cc(C(F)F)ccc3O2)c1. The lowest BCUT2D eigenvalue weighted by Gasteiger charge is -2.12. The predicted octanol–water partition coefficient (Wildman–Crippen LogP) is 3.58. The number of ether oxygens (including phenoxy) is 1. The number of halogens is 2. The second kappa shape index (κ2) is 5.16. The van der Waals surface area contributed by atoms with Crippen LogP contribution in [-0.2, 0) is 6.42 Å². The van der Waals surface area contributed by atoms with E-state index in [0.717, 1.165) is 11.1 Å². The Hall–Kier alpha value is -2.43. The molecule has 0 bridgehead atoms. The van der Waals surface area contributed by atoms with Gasteiger partial charge in [0.2, 0.25) is 0 Å². The molecule has 2 aromatic rings. The van der Waals surface area contributed by atoms with Crippen molar-refractivity contribution in [3.05, 3.63) is 64.7 Å². The Bertz CT molecular complexity index is 700. The van der Waals surface area contributed by atoms with E-state index in [1.807, 2.05) is 12.1 Å². The van der Waals surface area contributed by atoms with Gasteiger partial charge in [0.05, 0.1) is 0 Å². The van der Waals surface area contributed by atoms with Crippen LogP contribution in [0.1, 0.15) is 34.8 Å². The highest BCUT2D eigenvalue weighted by atomic mass is 19.3. The van der Waals surface area contributed by atoms with Crippen molar-refractivity contribution < 1.29 is 13.5 Å². The first-order valence-electron chi connectivity index (χ1n) is 6.56. The molecule has 3 rings (SSSR count). The molecule has 0 aromatic heterocycles. The Morgan fingerprint density at radius 1 is 1.24 bits per heavy atom. The Morgan fingerprint density at radius 2 is 2.05 bits per heavy atom. The van der Waals surface area contributed by atoms with Crippen molar-refractivity contribution in [3.8, 4) is 5.75 Å². The molecule has 1 aliphatic rings. The standard InChI is InChI=1S/C16H14F2N2O/c17-15(18)10-4-5-13-12(7-10)8-14(21-13)9-2-1-3-11(6-9)16(19)20/h1-7,14-15H,8H2,(H3,19,20). The summed E-state index contributed by atoms with van der Waals surface area (Å²) in [5, 5.41) is 7.46. The molecule has 0 saturated carbocycles. The molecule has 0 radical (unpaired) electrons. The molecule has 2 aromatic carbocycles. The summed E-state index contributed by atoms with van der Waals surface area (Å²) in [5.41, 5.74) is 7.78. The van der Waals surface area contributed by atoms with E-state index >= 15 is 0 Å². The lowest BCUT2D eigenvalue weighted by Crippen LogP contribution is -2.12. The molecule has 3 N–H and O–H groups in total. The van der Waals surface area contributed by atoms with E-state index in [9.17, 15) is 8.78 Å². The van der Waals surface area contributed by atoms with Crippen LogP contribution in [0, 0.1) is 5.41 Å². The van der Waals surface area contributed by atoms with Crippen molar-refractivity contribution in [1.82, 2.24) is 0 Å². The summed E-state index contributed by atoms with van der Waals surface area (Å²) in [6.07, 6.45) is -2.17. The lowest BCUT2D eigenvalue weighted by atomic mass is 10.0. The average Bonchev–Trinajstić information content (AvgIpc) is 2.90. The van der Waals surface area contributed by atoms with Gasteiger partial charge in [-0.3, -0.25) is 5.41 Å². The number of hydrogen-bond acceptors (Lipinski definition) is 2. The minimum atomic E-state index is -2.48. The van der Waals surface area contributed by atoms with Crippen molar-refractivity contribution in [2.24, 2.45) is 5.73 Å². The topological polar surface area (TPSA) is 59.1 Å². The Kier molecular flexibility index (Phi) is 3.33. The van der Waals surface area contributed by atoms with Gasteiger partial charge in [0.15, 0.2) is 0 Å². The molecule has 108 valence electrons. The van der Waals surface area contributed by atoms with E-state index in [-0.39, 0.29) is 17.5 Å². The van der Waals surface area contributed by atoms with Gasteiger partial charge in [-0.1, -0.05) is 18.2 Å². The van der Waals surface area contributed by atoms with Gasteiger partial charge in [-0.05, 0) is 35.4 Å².